The van der Waals surface area contributed by atoms with Crippen molar-refractivity contribution in [1.29, 1.82) is 0 Å². The molecule has 0 radical (unpaired) electrons. The summed E-state index contributed by atoms with van der Waals surface area (Å²) < 4.78 is 5.39. The molecule has 0 N–H and O–H groups in total. The fraction of sp³-hybridized carbons (Fsp3) is 0.312. The monoisotopic (exact) mass is 285 g/mol. The van der Waals surface area contributed by atoms with Crippen LogP contribution in [0.15, 0.2) is 54.1 Å². The van der Waals surface area contributed by atoms with Gasteiger partial charge in [0, 0.05) is 21.1 Å². The Kier molecular flexibility index (Phi) is 3.63. The lowest BCUT2D eigenvalue weighted by atomic mass is 9.98. The van der Waals surface area contributed by atoms with Gasteiger partial charge in [-0.05, 0) is 18.2 Å². The number of para-hydroxylation sites is 1. The first-order valence-electron chi connectivity index (χ1n) is 6.94. The lowest BCUT2D eigenvalue weighted by Gasteiger charge is -2.25. The van der Waals surface area contributed by atoms with Crippen LogP contribution >= 0.6 is 0 Å². The molecule has 2 unspecified atom stereocenters. The molecule has 1 aliphatic carbocycles. The normalized spacial score (nSPS) is 26.5. The maximum Gasteiger partial charge on any atom is 0.343 e. The summed E-state index contributed by atoms with van der Waals surface area (Å²) in [4.78, 5) is 12.2. The van der Waals surface area contributed by atoms with Crippen LogP contribution in [0.2, 0.25) is 0 Å². The molecule has 5 heteroatoms. The topological polar surface area (TPSA) is 36.0 Å². The van der Waals surface area contributed by atoms with Crippen LogP contribution < -0.4 is 4.74 Å². The Labute approximate surface area is 124 Å². The first kappa shape index (κ1) is 14.0. The summed E-state index contributed by atoms with van der Waals surface area (Å²) in [6.45, 7) is 0. The highest BCUT2D eigenvalue weighted by atomic mass is 16.5. The molecular weight excluding hydrogens is 266 g/mol. The van der Waals surface area contributed by atoms with E-state index in [0.717, 1.165) is 0 Å². The molecule has 5 nitrogen and oxygen atoms in total. The Balaban J connectivity index is 1.77. The van der Waals surface area contributed by atoms with Crippen LogP contribution in [0.1, 0.15) is 0 Å². The number of rotatable bonds is 2. The average molecular weight is 285 g/mol. The van der Waals surface area contributed by atoms with E-state index in [-0.39, 0.29) is 18.1 Å². The predicted octanol–water partition coefficient (Wildman–Crippen LogP) is 1.46. The van der Waals surface area contributed by atoms with Gasteiger partial charge in [0.25, 0.3) is 0 Å². The largest absolute Gasteiger partial charge is 0.423 e. The van der Waals surface area contributed by atoms with Crippen LogP contribution in [-0.2, 0) is 4.79 Å². The molecule has 1 heterocycles. The highest BCUT2D eigenvalue weighted by Gasteiger charge is 2.39. The van der Waals surface area contributed by atoms with Crippen molar-refractivity contribution in [2.75, 3.05) is 21.1 Å². The number of benzene rings is 1. The Hall–Kier alpha value is -1.95. The predicted molar refractivity (Wildman–Crippen MR) is 80.2 cm³/mol. The van der Waals surface area contributed by atoms with Gasteiger partial charge in [-0.3, -0.25) is 0 Å². The number of likely N-dealkylation sites (N-methyl/N-ethyl adjacent to an activating group) is 2. The molecular formula is C16H19N3O2. The average Bonchev–Trinajstić information content (AvgIpc) is 2.73. The Morgan fingerprint density at radius 1 is 1.05 bits per heavy atom. The SMILES string of the molecule is CN1C2C=CC(C(=O)Oc3ccccc3)=CC2N(C)N1C. The molecule has 110 valence electrons. The summed E-state index contributed by atoms with van der Waals surface area (Å²) in [6.07, 6.45) is 5.86. The number of fused-ring (bicyclic) bond motifs is 1. The molecule has 21 heavy (non-hydrogen) atoms. The zero-order chi connectivity index (χ0) is 15.0. The van der Waals surface area contributed by atoms with Gasteiger partial charge in [-0.25, -0.2) is 14.8 Å². The maximum absolute atomic E-state index is 12.2. The van der Waals surface area contributed by atoms with Gasteiger partial charge in [0.1, 0.15) is 5.75 Å². The van der Waals surface area contributed by atoms with Crippen LogP contribution in [0.25, 0.3) is 0 Å². The second-order valence-electron chi connectivity index (χ2n) is 5.30. The Bertz CT molecular complexity index is 597. The van der Waals surface area contributed by atoms with Crippen molar-refractivity contribution in [2.24, 2.45) is 0 Å². The van der Waals surface area contributed by atoms with E-state index in [1.165, 1.54) is 0 Å². The van der Waals surface area contributed by atoms with Gasteiger partial charge in [0.15, 0.2) is 0 Å². The van der Waals surface area contributed by atoms with Crippen LogP contribution in [0, 0.1) is 0 Å². The van der Waals surface area contributed by atoms with E-state index < -0.39 is 0 Å². The van der Waals surface area contributed by atoms with Crippen molar-refractivity contribution >= 4 is 5.97 Å². The van der Waals surface area contributed by atoms with Crippen molar-refractivity contribution in [3.8, 4) is 5.75 Å². The molecule has 0 amide bonds. The number of hydrogen-bond donors (Lipinski definition) is 0. The highest BCUT2D eigenvalue weighted by molar-refractivity contribution is 5.93. The van der Waals surface area contributed by atoms with Crippen LogP contribution in [0.5, 0.6) is 5.75 Å². The number of hydrazine groups is 2. The number of ether oxygens (including phenoxy) is 1. The minimum atomic E-state index is -0.318. The first-order valence-corrected chi connectivity index (χ1v) is 6.94. The van der Waals surface area contributed by atoms with Crippen molar-refractivity contribution in [1.82, 2.24) is 15.1 Å². The molecule has 2 atom stereocenters. The van der Waals surface area contributed by atoms with Gasteiger partial charge in [-0.2, -0.15) is 5.12 Å². The molecule has 1 aromatic rings. The van der Waals surface area contributed by atoms with Crippen LogP contribution in [0.4, 0.5) is 0 Å². The molecule has 3 rings (SSSR count). The molecule has 2 aliphatic rings. The third kappa shape index (κ3) is 2.51. The zero-order valence-corrected chi connectivity index (χ0v) is 12.4. The lowest BCUT2D eigenvalue weighted by molar-refractivity contribution is -0.129. The second-order valence-corrected chi connectivity index (χ2v) is 5.30. The van der Waals surface area contributed by atoms with Crippen molar-refractivity contribution < 1.29 is 9.53 Å². The number of nitrogens with zero attached hydrogens (tertiary/aromatic N) is 3. The third-order valence-electron chi connectivity index (χ3n) is 4.14. The van der Waals surface area contributed by atoms with Crippen molar-refractivity contribution in [3.05, 3.63) is 54.1 Å². The quantitative estimate of drug-likeness (QED) is 0.607. The number of esters is 1. The summed E-state index contributed by atoms with van der Waals surface area (Å²) in [7, 11) is 6.05. The van der Waals surface area contributed by atoms with Gasteiger partial charge in [0.2, 0.25) is 0 Å². The molecule has 0 aromatic heterocycles. The molecule has 1 fully saturated rings. The number of carbonyl (C=O) groups excluding carboxylic acids is 1. The number of carbonyl (C=O) groups is 1. The van der Waals surface area contributed by atoms with E-state index in [9.17, 15) is 4.79 Å². The first-order chi connectivity index (χ1) is 10.1. The third-order valence-corrected chi connectivity index (χ3v) is 4.14. The van der Waals surface area contributed by atoms with Gasteiger partial charge in [-0.1, -0.05) is 30.4 Å². The molecule has 1 saturated heterocycles. The fourth-order valence-corrected chi connectivity index (χ4v) is 2.73. The Morgan fingerprint density at radius 3 is 2.43 bits per heavy atom. The van der Waals surface area contributed by atoms with E-state index >= 15 is 0 Å². The summed E-state index contributed by atoms with van der Waals surface area (Å²) in [5.74, 6) is 0.245. The van der Waals surface area contributed by atoms with E-state index in [1.807, 2.05) is 62.7 Å². The van der Waals surface area contributed by atoms with Crippen molar-refractivity contribution in [3.63, 3.8) is 0 Å². The number of hydrogen-bond acceptors (Lipinski definition) is 5. The fourth-order valence-electron chi connectivity index (χ4n) is 2.73. The maximum atomic E-state index is 12.2. The van der Waals surface area contributed by atoms with Crippen LogP contribution in [0.3, 0.4) is 0 Å². The van der Waals surface area contributed by atoms with E-state index in [0.29, 0.717) is 11.3 Å². The second kappa shape index (κ2) is 5.44. The van der Waals surface area contributed by atoms with E-state index in [2.05, 4.69) is 10.0 Å². The minimum Gasteiger partial charge on any atom is -0.423 e. The van der Waals surface area contributed by atoms with E-state index in [1.54, 1.807) is 12.1 Å². The highest BCUT2D eigenvalue weighted by Crippen LogP contribution is 2.28. The van der Waals surface area contributed by atoms with Crippen molar-refractivity contribution in [2.45, 2.75) is 12.1 Å². The standard InChI is InChI=1S/C16H19N3O2/c1-17-14-10-9-12(11-15(14)18(2)19(17)3)16(20)21-13-7-5-4-6-8-13/h4-11,14-15H,1-3H3. The van der Waals surface area contributed by atoms with Crippen LogP contribution in [-0.4, -0.2) is 54.3 Å². The van der Waals surface area contributed by atoms with E-state index in [4.69, 9.17) is 4.74 Å². The Morgan fingerprint density at radius 2 is 1.71 bits per heavy atom. The summed E-state index contributed by atoms with van der Waals surface area (Å²) in [5, 5.41) is 6.28. The van der Waals surface area contributed by atoms with Gasteiger partial charge in [0.05, 0.1) is 17.7 Å². The summed E-state index contributed by atoms with van der Waals surface area (Å²) in [6, 6.07) is 9.52. The zero-order valence-electron chi connectivity index (χ0n) is 12.4. The molecule has 1 aromatic carbocycles. The molecule has 0 spiro atoms. The lowest BCUT2D eigenvalue weighted by Crippen LogP contribution is -2.38. The summed E-state index contributed by atoms with van der Waals surface area (Å²) in [5.41, 5.74) is 0.593. The molecule has 0 bridgehead atoms. The minimum absolute atomic E-state index is 0.142. The molecule has 0 saturated carbocycles. The van der Waals surface area contributed by atoms with Gasteiger partial charge in [-0.15, -0.1) is 0 Å². The smallest absolute Gasteiger partial charge is 0.343 e. The molecule has 1 aliphatic heterocycles. The van der Waals surface area contributed by atoms with Gasteiger partial charge < -0.3 is 4.74 Å². The van der Waals surface area contributed by atoms with Gasteiger partial charge >= 0.3 is 5.97 Å². The summed E-state index contributed by atoms with van der Waals surface area (Å²) >= 11 is 0.